The fourth-order valence-electron chi connectivity index (χ4n) is 12.9. The first kappa shape index (κ1) is 47.9. The van der Waals surface area contributed by atoms with Crippen LogP contribution in [0.4, 0.5) is 20.3 Å². The monoisotopic (exact) mass is 999 g/mol. The number of β-amino-alcohol motifs (C(OH)–C–C–N with tert-alkyl or cyclic N) is 1. The summed E-state index contributed by atoms with van der Waals surface area (Å²) in [7, 11) is 1.52. The number of methoxy groups -OCH3 is 1. The van der Waals surface area contributed by atoms with E-state index in [2.05, 4.69) is 31.1 Å². The van der Waals surface area contributed by atoms with E-state index in [1.807, 2.05) is 24.0 Å². The van der Waals surface area contributed by atoms with Crippen LogP contribution in [0.3, 0.4) is 0 Å². The third-order valence-corrected chi connectivity index (χ3v) is 16.9. The van der Waals surface area contributed by atoms with Crippen LogP contribution in [0, 0.1) is 22.5 Å². The van der Waals surface area contributed by atoms with Crippen LogP contribution < -0.4 is 24.6 Å². The number of hydrogen-bond acceptors (Lipinski definition) is 14. The number of piperazine rings is 1. The molecule has 0 bridgehead atoms. The molecule has 6 fully saturated rings. The molecule has 73 heavy (non-hydrogen) atoms. The Kier molecular flexibility index (Phi) is 12.1. The van der Waals surface area contributed by atoms with Crippen LogP contribution >= 0.6 is 0 Å². The van der Waals surface area contributed by atoms with Crippen LogP contribution in [0.2, 0.25) is 0 Å². The number of anilines is 2. The number of fused-ring (bicyclic) bond motifs is 3. The number of aliphatic hydroxyl groups is 1. The number of likely N-dealkylation sites (tertiary alicyclic amines) is 1. The predicted molar refractivity (Wildman–Crippen MR) is 269 cm³/mol. The fourth-order valence-corrected chi connectivity index (χ4v) is 12.9. The summed E-state index contributed by atoms with van der Waals surface area (Å²) in [6, 6.07) is 12.6. The van der Waals surface area contributed by atoms with Crippen molar-refractivity contribution in [3.05, 3.63) is 77.0 Å². The molecule has 3 amide bonds. The number of hydrogen-bond donors (Lipinski definition) is 2. The number of aromatic nitrogens is 3. The maximum Gasteiger partial charge on any atom is 0.319 e. The molecular formula is C55H63F2N9O7. The Bertz CT molecular complexity index is 3040. The van der Waals surface area contributed by atoms with Crippen molar-refractivity contribution in [2.75, 3.05) is 89.2 Å². The molecule has 7 heterocycles. The van der Waals surface area contributed by atoms with Crippen molar-refractivity contribution >= 4 is 50.9 Å². The van der Waals surface area contributed by atoms with Gasteiger partial charge in [-0.05, 0) is 122 Å². The average molecular weight is 1000 g/mol. The molecule has 2 atom stereocenters. The second kappa shape index (κ2) is 18.4. The predicted octanol–water partition coefficient (Wildman–Crippen LogP) is 6.23. The average Bonchev–Trinajstić information content (AvgIpc) is 4.05. The number of imide groups is 1. The van der Waals surface area contributed by atoms with Gasteiger partial charge < -0.3 is 38.9 Å². The summed E-state index contributed by atoms with van der Waals surface area (Å²) >= 11 is 0. The van der Waals surface area contributed by atoms with Crippen LogP contribution in [0.1, 0.15) is 86.7 Å². The van der Waals surface area contributed by atoms with E-state index in [-0.39, 0.29) is 53.5 Å². The molecule has 18 heteroatoms. The molecule has 5 aromatic rings. The van der Waals surface area contributed by atoms with E-state index in [1.54, 1.807) is 36.2 Å². The summed E-state index contributed by atoms with van der Waals surface area (Å²) < 4.78 is 50.3. The molecule has 1 spiro atoms. The first-order chi connectivity index (χ1) is 35.2. The van der Waals surface area contributed by atoms with Crippen molar-refractivity contribution in [3.63, 3.8) is 0 Å². The smallest absolute Gasteiger partial charge is 0.319 e. The van der Waals surface area contributed by atoms with Gasteiger partial charge in [-0.3, -0.25) is 29.6 Å². The van der Waals surface area contributed by atoms with Gasteiger partial charge in [0.2, 0.25) is 11.8 Å². The maximum absolute atomic E-state index is 17.4. The second-order valence-electron chi connectivity index (χ2n) is 22.3. The Balaban J connectivity index is 0.696. The second-order valence-corrected chi connectivity index (χ2v) is 22.3. The number of carbonyl (C=O) groups is 3. The normalized spacial score (nSPS) is 24.0. The minimum atomic E-state index is -0.964. The van der Waals surface area contributed by atoms with Gasteiger partial charge in [0, 0.05) is 113 Å². The van der Waals surface area contributed by atoms with E-state index >= 15 is 8.78 Å². The molecule has 2 aliphatic carbocycles. The van der Waals surface area contributed by atoms with Gasteiger partial charge >= 0.3 is 6.01 Å². The molecule has 3 aromatic carbocycles. The molecule has 384 valence electrons. The van der Waals surface area contributed by atoms with Gasteiger partial charge in [0.25, 0.3) is 5.91 Å². The highest BCUT2D eigenvalue weighted by Gasteiger charge is 2.56. The van der Waals surface area contributed by atoms with E-state index in [4.69, 9.17) is 24.2 Å². The van der Waals surface area contributed by atoms with E-state index < -0.39 is 23.4 Å². The van der Waals surface area contributed by atoms with Gasteiger partial charge in [0.05, 0.1) is 17.6 Å². The quantitative estimate of drug-likeness (QED) is 0.0951. The number of nitrogens with zero attached hydrogens (tertiary/aromatic N) is 8. The molecule has 4 saturated heterocycles. The lowest BCUT2D eigenvalue weighted by Gasteiger charge is -2.62. The molecule has 2 saturated carbocycles. The number of amides is 3. The van der Waals surface area contributed by atoms with Crippen molar-refractivity contribution in [2.45, 2.75) is 95.9 Å². The summed E-state index contributed by atoms with van der Waals surface area (Å²) in [6.07, 6.45) is 8.33. The van der Waals surface area contributed by atoms with Crippen molar-refractivity contribution in [2.24, 2.45) is 10.8 Å². The third kappa shape index (κ3) is 8.90. The van der Waals surface area contributed by atoms with Crippen molar-refractivity contribution < 1.29 is 42.5 Å². The molecule has 0 radical (unpaired) electrons. The highest BCUT2D eigenvalue weighted by atomic mass is 19.1. The van der Waals surface area contributed by atoms with Crippen LogP contribution in [0.15, 0.2) is 48.7 Å². The van der Waals surface area contributed by atoms with Crippen LogP contribution in [-0.4, -0.2) is 150 Å². The molecule has 12 rings (SSSR count). The Morgan fingerprint density at radius 2 is 1.71 bits per heavy atom. The Labute approximate surface area is 423 Å². The molecular weight excluding hydrogens is 937 g/mol. The molecule has 2 aromatic heterocycles. The summed E-state index contributed by atoms with van der Waals surface area (Å²) in [5.74, 6) is -1.01. The summed E-state index contributed by atoms with van der Waals surface area (Å²) in [5.41, 5.74) is 2.87. The highest BCUT2D eigenvalue weighted by Crippen LogP contribution is 2.54. The number of halogens is 2. The Morgan fingerprint density at radius 3 is 2.45 bits per heavy atom. The fraction of sp³-hybridized carbons (Fsp3) is 0.527. The zero-order chi connectivity index (χ0) is 50.4. The maximum atomic E-state index is 17.4. The topological polar surface area (TPSA) is 166 Å². The van der Waals surface area contributed by atoms with Gasteiger partial charge in [0.1, 0.15) is 34.6 Å². The third-order valence-electron chi connectivity index (χ3n) is 16.9. The zero-order valence-corrected chi connectivity index (χ0v) is 41.9. The van der Waals surface area contributed by atoms with Crippen molar-refractivity contribution in [1.82, 2.24) is 35.0 Å². The highest BCUT2D eigenvalue weighted by molar-refractivity contribution is 6.06. The first-order valence-corrected chi connectivity index (χ1v) is 26.0. The number of carbonyl (C=O) groups excluding carboxylic acids is 3. The molecule has 5 aliphatic heterocycles. The number of piperidine rings is 2. The van der Waals surface area contributed by atoms with E-state index in [0.29, 0.717) is 101 Å². The van der Waals surface area contributed by atoms with Crippen molar-refractivity contribution in [1.29, 1.82) is 0 Å². The lowest BCUT2D eigenvalue weighted by Crippen LogP contribution is -2.68. The number of pyridine rings is 1. The number of aryl methyl sites for hydroxylation is 1. The minimum absolute atomic E-state index is 0.00481. The standard InChI is InChI=1S/C55H63F2N9O7/c1-4-38-42(56)9-6-33-21-37(73-32-71-3)22-40(45(33)38)47-46(57)48-41(25-58-47)49(65-15-5-12-53(2,70)27-65)61-52(60-48)72-31-54(13-14-54)28-62-29-55(30-62)23-36(24-55)64-18-16-63(17-19-64)35-7-8-39-34(20-35)26-66(51(39)69)43-10-11-44(67)59-50(43)68/h6-9,20-22,25,36,43,70H,4-5,10-19,23-24,26-32H2,1-3H3,(H,59,67,68)/t43-,53+/m0/s1. The Morgan fingerprint density at radius 1 is 0.904 bits per heavy atom. The number of rotatable bonds is 14. The SMILES string of the molecule is CCc1c(F)ccc2cc(OCOC)cc(-c3ncc4c(N5CCC[C@@](C)(O)C5)nc(OCC5(CN6CC7(CC(N8CCN(c9ccc%10c(c9)CN([C@H]9CCC(=O)NC9=O)C%10=O)CC8)C7)C6)CC5)nc4c3F)c12. The van der Waals surface area contributed by atoms with Crippen LogP contribution in [-0.2, 0) is 27.3 Å². The number of benzene rings is 3. The van der Waals surface area contributed by atoms with Crippen LogP contribution in [0.5, 0.6) is 11.8 Å². The molecule has 2 N–H and O–H groups in total. The van der Waals surface area contributed by atoms with Gasteiger partial charge in [-0.1, -0.05) is 13.0 Å². The molecule has 0 unspecified atom stereocenters. The summed E-state index contributed by atoms with van der Waals surface area (Å²) in [4.78, 5) is 63.0. The zero-order valence-electron chi connectivity index (χ0n) is 41.9. The lowest BCUT2D eigenvalue weighted by atomic mass is 9.60. The van der Waals surface area contributed by atoms with Gasteiger partial charge in [-0.15, -0.1) is 0 Å². The van der Waals surface area contributed by atoms with E-state index in [0.717, 1.165) is 76.3 Å². The minimum Gasteiger partial charge on any atom is -0.468 e. The summed E-state index contributed by atoms with van der Waals surface area (Å²) in [5, 5.41) is 15.2. The molecule has 7 aliphatic rings. The van der Waals surface area contributed by atoms with Gasteiger partial charge in [-0.2, -0.15) is 9.97 Å². The van der Waals surface area contributed by atoms with Gasteiger partial charge in [-0.25, -0.2) is 8.78 Å². The van der Waals surface area contributed by atoms with Crippen LogP contribution in [0.25, 0.3) is 32.9 Å². The van der Waals surface area contributed by atoms with E-state index in [1.165, 1.54) is 26.0 Å². The number of ether oxygens (including phenoxy) is 3. The largest absolute Gasteiger partial charge is 0.468 e. The van der Waals surface area contributed by atoms with Gasteiger partial charge in [0.15, 0.2) is 12.6 Å². The molecule has 16 nitrogen and oxygen atoms in total. The van der Waals surface area contributed by atoms with E-state index in [9.17, 15) is 19.5 Å². The number of nitrogens with one attached hydrogen (secondary N) is 1. The summed E-state index contributed by atoms with van der Waals surface area (Å²) in [6.45, 7) is 12.2. The van der Waals surface area contributed by atoms with Crippen molar-refractivity contribution in [3.8, 4) is 23.0 Å². The first-order valence-electron chi connectivity index (χ1n) is 26.0. The Hall–Kier alpha value is -6.08. The lowest BCUT2D eigenvalue weighted by molar-refractivity contribution is -0.136.